The van der Waals surface area contributed by atoms with Crippen LogP contribution in [0.4, 0.5) is 5.69 Å². The molecule has 0 atom stereocenters. The number of benzene rings is 2. The molecule has 0 aliphatic rings. The first-order chi connectivity index (χ1) is 13.0. The Morgan fingerprint density at radius 2 is 1.63 bits per heavy atom. The van der Waals surface area contributed by atoms with Gasteiger partial charge in [0.25, 0.3) is 5.91 Å². The van der Waals surface area contributed by atoms with Crippen LogP contribution in [-0.4, -0.2) is 35.6 Å². The number of hydrogen-bond acceptors (Lipinski definition) is 3. The summed E-state index contributed by atoms with van der Waals surface area (Å²) in [6, 6.07) is 12.4. The molecular weight excluding hydrogens is 403 g/mol. The highest BCUT2D eigenvalue weighted by Gasteiger charge is 2.17. The van der Waals surface area contributed by atoms with Gasteiger partial charge in [0.15, 0.2) is 0 Å². The summed E-state index contributed by atoms with van der Waals surface area (Å²) in [5, 5.41) is 4.01. The molecule has 0 heterocycles. The van der Waals surface area contributed by atoms with E-state index in [2.05, 4.69) is 5.32 Å². The number of amides is 2. The van der Waals surface area contributed by atoms with Crippen molar-refractivity contribution in [2.24, 2.45) is 0 Å². The average molecular weight is 425 g/mol. The van der Waals surface area contributed by atoms with Crippen molar-refractivity contribution in [3.8, 4) is 0 Å². The van der Waals surface area contributed by atoms with Crippen molar-refractivity contribution in [1.82, 2.24) is 4.90 Å². The van der Waals surface area contributed by atoms with Crippen LogP contribution in [0.5, 0.6) is 0 Å². The van der Waals surface area contributed by atoms with Crippen LogP contribution in [0.25, 0.3) is 0 Å². The van der Waals surface area contributed by atoms with E-state index < -0.39 is 0 Å². The number of halogens is 2. The second-order valence-electron chi connectivity index (χ2n) is 5.76. The molecule has 7 heteroatoms. The van der Waals surface area contributed by atoms with E-state index in [9.17, 15) is 9.59 Å². The highest BCUT2D eigenvalue weighted by molar-refractivity contribution is 7.99. The fourth-order valence-corrected chi connectivity index (χ4v) is 4.13. The van der Waals surface area contributed by atoms with Crippen molar-refractivity contribution in [2.75, 3.05) is 24.2 Å². The summed E-state index contributed by atoms with van der Waals surface area (Å²) in [5.74, 6) is 0.496. The van der Waals surface area contributed by atoms with E-state index in [1.54, 1.807) is 47.4 Å². The standard InChI is InChI=1S/C20H22Cl2N2O2S/c1-3-24(4-2)20(26)14-8-5-6-11-18(14)23-19(25)13-27-12-15-16(21)9-7-10-17(15)22/h5-11H,3-4,12-13H2,1-2H3,(H,23,25). The van der Waals surface area contributed by atoms with Crippen LogP contribution < -0.4 is 5.32 Å². The number of rotatable bonds is 8. The summed E-state index contributed by atoms with van der Waals surface area (Å²) in [7, 11) is 0. The summed E-state index contributed by atoms with van der Waals surface area (Å²) < 4.78 is 0. The number of anilines is 1. The van der Waals surface area contributed by atoms with Crippen molar-refractivity contribution < 1.29 is 9.59 Å². The molecule has 27 heavy (non-hydrogen) atoms. The molecule has 1 N–H and O–H groups in total. The molecule has 0 unspecified atom stereocenters. The fraction of sp³-hybridized carbons (Fsp3) is 0.300. The number of carbonyl (C=O) groups excluding carboxylic acids is 2. The molecule has 2 aromatic rings. The summed E-state index contributed by atoms with van der Waals surface area (Å²) in [6.45, 7) is 5.09. The maximum absolute atomic E-state index is 12.6. The predicted molar refractivity (Wildman–Crippen MR) is 115 cm³/mol. The molecule has 2 amide bonds. The lowest BCUT2D eigenvalue weighted by molar-refractivity contribution is -0.113. The second kappa shape index (κ2) is 10.6. The molecule has 2 rings (SSSR count). The van der Waals surface area contributed by atoms with Gasteiger partial charge < -0.3 is 10.2 Å². The molecule has 0 saturated carbocycles. The average Bonchev–Trinajstić information content (AvgIpc) is 2.65. The Labute approximate surface area is 174 Å². The first-order valence-electron chi connectivity index (χ1n) is 8.66. The first-order valence-corrected chi connectivity index (χ1v) is 10.6. The minimum Gasteiger partial charge on any atom is -0.339 e. The van der Waals surface area contributed by atoms with E-state index in [4.69, 9.17) is 23.2 Å². The van der Waals surface area contributed by atoms with Gasteiger partial charge in [-0.1, -0.05) is 41.4 Å². The van der Waals surface area contributed by atoms with Gasteiger partial charge in [-0.3, -0.25) is 9.59 Å². The molecule has 4 nitrogen and oxygen atoms in total. The first kappa shape index (κ1) is 21.6. The zero-order valence-electron chi connectivity index (χ0n) is 15.3. The Morgan fingerprint density at radius 1 is 1.00 bits per heavy atom. The van der Waals surface area contributed by atoms with E-state index in [0.717, 1.165) is 5.56 Å². The highest BCUT2D eigenvalue weighted by Crippen LogP contribution is 2.28. The number of nitrogens with zero attached hydrogens (tertiary/aromatic N) is 1. The maximum Gasteiger partial charge on any atom is 0.255 e. The molecule has 0 aromatic heterocycles. The minimum absolute atomic E-state index is 0.0913. The molecule has 0 spiro atoms. The van der Waals surface area contributed by atoms with E-state index in [1.807, 2.05) is 13.8 Å². The monoisotopic (exact) mass is 424 g/mol. The topological polar surface area (TPSA) is 49.4 Å². The summed E-state index contributed by atoms with van der Waals surface area (Å²) >= 11 is 13.7. The van der Waals surface area contributed by atoms with Gasteiger partial charge in [-0.05, 0) is 43.7 Å². The van der Waals surface area contributed by atoms with Crippen LogP contribution >= 0.6 is 35.0 Å². The quantitative estimate of drug-likeness (QED) is 0.621. The number of thioether (sulfide) groups is 1. The highest BCUT2D eigenvalue weighted by atomic mass is 35.5. The third-order valence-electron chi connectivity index (χ3n) is 4.02. The lowest BCUT2D eigenvalue weighted by atomic mass is 10.1. The van der Waals surface area contributed by atoms with E-state index in [-0.39, 0.29) is 17.6 Å². The van der Waals surface area contributed by atoms with Gasteiger partial charge in [0.05, 0.1) is 17.0 Å². The Balaban J connectivity index is 1.99. The molecule has 0 saturated heterocycles. The molecule has 0 aliphatic heterocycles. The molecule has 0 aliphatic carbocycles. The molecule has 144 valence electrons. The third kappa shape index (κ3) is 5.89. The maximum atomic E-state index is 12.6. The lowest BCUT2D eigenvalue weighted by Crippen LogP contribution is -2.31. The number of hydrogen-bond donors (Lipinski definition) is 1. The normalized spacial score (nSPS) is 10.5. The van der Waals surface area contributed by atoms with E-state index in [0.29, 0.717) is 40.1 Å². The molecule has 0 fully saturated rings. The van der Waals surface area contributed by atoms with Gasteiger partial charge in [-0.2, -0.15) is 0 Å². The van der Waals surface area contributed by atoms with Crippen molar-refractivity contribution in [2.45, 2.75) is 19.6 Å². The van der Waals surface area contributed by atoms with Crippen molar-refractivity contribution in [3.05, 3.63) is 63.6 Å². The van der Waals surface area contributed by atoms with Gasteiger partial charge >= 0.3 is 0 Å². The van der Waals surface area contributed by atoms with Gasteiger partial charge in [0.2, 0.25) is 5.91 Å². The molecular formula is C20H22Cl2N2O2S. The Morgan fingerprint density at radius 3 is 2.26 bits per heavy atom. The summed E-state index contributed by atoms with van der Waals surface area (Å²) in [4.78, 5) is 26.7. The number of nitrogens with one attached hydrogen (secondary N) is 1. The summed E-state index contributed by atoms with van der Waals surface area (Å²) in [6.07, 6.45) is 0. The zero-order chi connectivity index (χ0) is 19.8. The molecule has 2 aromatic carbocycles. The largest absolute Gasteiger partial charge is 0.339 e. The predicted octanol–water partition coefficient (Wildman–Crippen LogP) is 5.35. The Kier molecular flexibility index (Phi) is 8.48. The van der Waals surface area contributed by atoms with Gasteiger partial charge in [-0.25, -0.2) is 0 Å². The molecule has 0 bridgehead atoms. The van der Waals surface area contributed by atoms with Crippen LogP contribution in [0, 0.1) is 0 Å². The van der Waals surface area contributed by atoms with Crippen LogP contribution in [0.15, 0.2) is 42.5 Å². The minimum atomic E-state index is -0.178. The lowest BCUT2D eigenvalue weighted by Gasteiger charge is -2.20. The zero-order valence-corrected chi connectivity index (χ0v) is 17.6. The number of carbonyl (C=O) groups is 2. The van der Waals surface area contributed by atoms with E-state index >= 15 is 0 Å². The Bertz CT molecular complexity index is 790. The second-order valence-corrected chi connectivity index (χ2v) is 7.56. The van der Waals surface area contributed by atoms with Crippen molar-refractivity contribution in [1.29, 1.82) is 0 Å². The van der Waals surface area contributed by atoms with Crippen LogP contribution in [0.1, 0.15) is 29.8 Å². The van der Waals surface area contributed by atoms with Crippen LogP contribution in [0.3, 0.4) is 0 Å². The van der Waals surface area contributed by atoms with E-state index in [1.165, 1.54) is 11.8 Å². The Hall–Kier alpha value is -1.69. The van der Waals surface area contributed by atoms with Gasteiger partial charge in [0.1, 0.15) is 0 Å². The smallest absolute Gasteiger partial charge is 0.255 e. The van der Waals surface area contributed by atoms with Crippen molar-refractivity contribution >= 4 is 52.5 Å². The number of para-hydroxylation sites is 1. The molecule has 0 radical (unpaired) electrons. The van der Waals surface area contributed by atoms with Gasteiger partial charge in [0, 0.05) is 28.9 Å². The van der Waals surface area contributed by atoms with Crippen molar-refractivity contribution in [3.63, 3.8) is 0 Å². The van der Waals surface area contributed by atoms with Crippen LogP contribution in [0.2, 0.25) is 10.0 Å². The summed E-state index contributed by atoms with van der Waals surface area (Å²) in [5.41, 5.74) is 1.83. The SMILES string of the molecule is CCN(CC)C(=O)c1ccccc1NC(=O)CSCc1c(Cl)cccc1Cl. The van der Waals surface area contributed by atoms with Gasteiger partial charge in [-0.15, -0.1) is 11.8 Å². The third-order valence-corrected chi connectivity index (χ3v) is 5.69. The van der Waals surface area contributed by atoms with Crippen LogP contribution in [-0.2, 0) is 10.5 Å². The fourth-order valence-electron chi connectivity index (χ4n) is 2.56.